The third-order valence-corrected chi connectivity index (χ3v) is 3.75. The molecule has 0 aromatic heterocycles. The van der Waals surface area contributed by atoms with Crippen LogP contribution in [0.15, 0.2) is 0 Å². The van der Waals surface area contributed by atoms with Gasteiger partial charge in [-0.15, -0.1) is 0 Å². The highest BCUT2D eigenvalue weighted by atomic mass is 32.2. The van der Waals surface area contributed by atoms with Gasteiger partial charge in [-0.2, -0.15) is 11.8 Å². The molecule has 11 heavy (non-hydrogen) atoms. The molecule has 0 aromatic rings. The molecule has 2 aliphatic heterocycles. The zero-order chi connectivity index (χ0) is 8.27. The van der Waals surface area contributed by atoms with E-state index >= 15 is 0 Å². The summed E-state index contributed by atoms with van der Waals surface area (Å²) in [5.74, 6) is 4.93. The molecule has 0 aromatic carbocycles. The first-order valence-corrected chi connectivity index (χ1v) is 5.78. The van der Waals surface area contributed by atoms with Crippen molar-refractivity contribution in [2.75, 3.05) is 31.6 Å². The lowest BCUT2D eigenvalue weighted by Gasteiger charge is -2.06. The summed E-state index contributed by atoms with van der Waals surface area (Å²) in [6, 6.07) is 0. The normalized spacial score (nSPS) is 36.3. The molecular formula is C9H19NS. The summed E-state index contributed by atoms with van der Waals surface area (Å²) < 4.78 is 0. The second-order valence-corrected chi connectivity index (χ2v) is 4.35. The fraction of sp³-hybridized carbons (Fsp3) is 1.00. The van der Waals surface area contributed by atoms with Crippen LogP contribution in [0.2, 0.25) is 0 Å². The summed E-state index contributed by atoms with van der Waals surface area (Å²) in [7, 11) is 2.24. The van der Waals surface area contributed by atoms with Crippen LogP contribution in [-0.4, -0.2) is 36.5 Å². The second kappa shape index (κ2) is 4.36. The lowest BCUT2D eigenvalue weighted by Crippen LogP contribution is -2.15. The predicted octanol–water partition coefficient (Wildman–Crippen LogP) is 1.94. The highest BCUT2D eigenvalue weighted by Crippen LogP contribution is 2.34. The van der Waals surface area contributed by atoms with Gasteiger partial charge in [0.05, 0.1) is 0 Å². The van der Waals surface area contributed by atoms with E-state index in [0.717, 1.165) is 11.8 Å². The van der Waals surface area contributed by atoms with Crippen LogP contribution in [0.4, 0.5) is 0 Å². The Morgan fingerprint density at radius 2 is 1.55 bits per heavy atom. The van der Waals surface area contributed by atoms with Crippen molar-refractivity contribution in [1.82, 2.24) is 4.90 Å². The average molecular weight is 173 g/mol. The van der Waals surface area contributed by atoms with Crippen LogP contribution in [0, 0.1) is 11.8 Å². The predicted molar refractivity (Wildman–Crippen MR) is 53.2 cm³/mol. The molecule has 0 aliphatic carbocycles. The van der Waals surface area contributed by atoms with Crippen LogP contribution in [-0.2, 0) is 0 Å². The van der Waals surface area contributed by atoms with Gasteiger partial charge in [0, 0.05) is 13.1 Å². The molecule has 2 fully saturated rings. The van der Waals surface area contributed by atoms with E-state index in [-0.39, 0.29) is 0 Å². The molecule has 2 aliphatic rings. The van der Waals surface area contributed by atoms with Crippen molar-refractivity contribution in [2.45, 2.75) is 13.8 Å². The summed E-state index contributed by atoms with van der Waals surface area (Å²) in [5.41, 5.74) is 0. The lowest BCUT2D eigenvalue weighted by atomic mass is 10.0. The topological polar surface area (TPSA) is 3.24 Å². The molecule has 2 saturated heterocycles. The van der Waals surface area contributed by atoms with E-state index in [0.29, 0.717) is 0 Å². The van der Waals surface area contributed by atoms with Crippen molar-refractivity contribution in [3.05, 3.63) is 0 Å². The van der Waals surface area contributed by atoms with E-state index in [4.69, 9.17) is 0 Å². The van der Waals surface area contributed by atoms with Gasteiger partial charge >= 0.3 is 0 Å². The number of likely N-dealkylation sites (tertiary alicyclic amines) is 1. The molecule has 0 N–H and O–H groups in total. The van der Waals surface area contributed by atoms with E-state index in [1.165, 1.54) is 24.6 Å². The first-order chi connectivity index (χ1) is 5.36. The minimum Gasteiger partial charge on any atom is -0.306 e. The van der Waals surface area contributed by atoms with E-state index in [1.807, 2.05) is 13.8 Å². The third kappa shape index (κ3) is 2.12. The minimum absolute atomic E-state index is 1.04. The Balaban J connectivity index is 0.000000281. The standard InChI is InChI=1S/C7H13NS.C2H6/c1-8-2-6-4-9-5-7(6)3-8;1-2/h6-7H,2-5H2,1H3;1-2H3/t6-,7+;. The Labute approximate surface area is 74.5 Å². The van der Waals surface area contributed by atoms with Gasteiger partial charge in [-0.05, 0) is 30.4 Å². The molecule has 0 saturated carbocycles. The molecule has 0 unspecified atom stereocenters. The highest BCUT2D eigenvalue weighted by molar-refractivity contribution is 7.99. The maximum absolute atomic E-state index is 2.47. The maximum Gasteiger partial charge on any atom is 0.00181 e. The molecule has 0 amide bonds. The fourth-order valence-electron chi connectivity index (χ4n) is 1.92. The van der Waals surface area contributed by atoms with Crippen molar-refractivity contribution in [2.24, 2.45) is 11.8 Å². The lowest BCUT2D eigenvalue weighted by molar-refractivity contribution is 0.398. The van der Waals surface area contributed by atoms with Gasteiger partial charge in [-0.1, -0.05) is 13.8 Å². The van der Waals surface area contributed by atoms with Gasteiger partial charge in [-0.25, -0.2) is 0 Å². The van der Waals surface area contributed by atoms with Crippen LogP contribution >= 0.6 is 11.8 Å². The highest BCUT2D eigenvalue weighted by Gasteiger charge is 2.34. The molecule has 0 bridgehead atoms. The van der Waals surface area contributed by atoms with Gasteiger partial charge in [0.2, 0.25) is 0 Å². The smallest absolute Gasteiger partial charge is 0.00181 e. The Kier molecular flexibility index (Phi) is 3.73. The van der Waals surface area contributed by atoms with Crippen molar-refractivity contribution in [3.8, 4) is 0 Å². The first-order valence-electron chi connectivity index (χ1n) is 4.62. The zero-order valence-corrected chi connectivity index (χ0v) is 8.66. The van der Waals surface area contributed by atoms with Gasteiger partial charge in [-0.3, -0.25) is 0 Å². The zero-order valence-electron chi connectivity index (χ0n) is 7.84. The molecule has 2 rings (SSSR count). The van der Waals surface area contributed by atoms with Gasteiger partial charge in [0.1, 0.15) is 0 Å². The number of hydrogen-bond acceptors (Lipinski definition) is 2. The molecule has 2 heterocycles. The Morgan fingerprint density at radius 1 is 1.09 bits per heavy atom. The maximum atomic E-state index is 2.47. The molecule has 2 heteroatoms. The number of fused-ring (bicyclic) bond motifs is 1. The molecule has 0 spiro atoms. The molecule has 0 radical (unpaired) electrons. The summed E-state index contributed by atoms with van der Waals surface area (Å²) in [6.45, 7) is 6.72. The first kappa shape index (κ1) is 9.40. The monoisotopic (exact) mass is 173 g/mol. The summed E-state index contributed by atoms with van der Waals surface area (Å²) in [5, 5.41) is 0. The summed E-state index contributed by atoms with van der Waals surface area (Å²) in [4.78, 5) is 2.47. The van der Waals surface area contributed by atoms with Crippen LogP contribution < -0.4 is 0 Å². The van der Waals surface area contributed by atoms with E-state index in [2.05, 4.69) is 23.7 Å². The fourth-order valence-corrected chi connectivity index (χ4v) is 3.42. The number of hydrogen-bond donors (Lipinski definition) is 0. The van der Waals surface area contributed by atoms with Gasteiger partial charge < -0.3 is 4.90 Å². The van der Waals surface area contributed by atoms with Crippen LogP contribution in [0.25, 0.3) is 0 Å². The number of rotatable bonds is 0. The van der Waals surface area contributed by atoms with Crippen LogP contribution in [0.3, 0.4) is 0 Å². The quantitative estimate of drug-likeness (QED) is 0.551. The number of thioether (sulfide) groups is 1. The van der Waals surface area contributed by atoms with Crippen molar-refractivity contribution >= 4 is 11.8 Å². The SMILES string of the molecule is CC.CN1C[C@H]2CSC[C@H]2C1. The van der Waals surface area contributed by atoms with Crippen LogP contribution in [0.5, 0.6) is 0 Å². The Bertz CT molecular complexity index is 104. The van der Waals surface area contributed by atoms with E-state index in [1.54, 1.807) is 0 Å². The summed E-state index contributed by atoms with van der Waals surface area (Å²) in [6.07, 6.45) is 0. The third-order valence-electron chi connectivity index (χ3n) is 2.42. The summed E-state index contributed by atoms with van der Waals surface area (Å²) >= 11 is 2.14. The van der Waals surface area contributed by atoms with E-state index in [9.17, 15) is 0 Å². The van der Waals surface area contributed by atoms with Crippen molar-refractivity contribution < 1.29 is 0 Å². The Morgan fingerprint density at radius 3 is 2.00 bits per heavy atom. The number of nitrogens with zero attached hydrogens (tertiary/aromatic N) is 1. The molecule has 66 valence electrons. The Hall–Kier alpha value is 0.310. The molecule has 1 nitrogen and oxygen atoms in total. The molecule has 2 atom stereocenters. The average Bonchev–Trinajstić information content (AvgIpc) is 2.51. The molecular weight excluding hydrogens is 154 g/mol. The minimum atomic E-state index is 1.04. The van der Waals surface area contributed by atoms with Crippen molar-refractivity contribution in [1.29, 1.82) is 0 Å². The van der Waals surface area contributed by atoms with E-state index < -0.39 is 0 Å². The van der Waals surface area contributed by atoms with Crippen LogP contribution in [0.1, 0.15) is 13.8 Å². The van der Waals surface area contributed by atoms with Gasteiger partial charge in [0.15, 0.2) is 0 Å². The van der Waals surface area contributed by atoms with Crippen molar-refractivity contribution in [3.63, 3.8) is 0 Å². The largest absolute Gasteiger partial charge is 0.306 e. The second-order valence-electron chi connectivity index (χ2n) is 3.28. The van der Waals surface area contributed by atoms with Gasteiger partial charge in [0.25, 0.3) is 0 Å².